The largest absolute Gasteiger partial charge is 0.495 e. The van der Waals surface area contributed by atoms with Gasteiger partial charge in [-0.15, -0.1) is 10.2 Å². The molecule has 8 heteroatoms. The van der Waals surface area contributed by atoms with E-state index in [9.17, 15) is 4.79 Å². The molecule has 2 N–H and O–H groups in total. The van der Waals surface area contributed by atoms with E-state index in [4.69, 9.17) is 4.74 Å². The van der Waals surface area contributed by atoms with Gasteiger partial charge in [0.15, 0.2) is 4.34 Å². The first-order chi connectivity index (χ1) is 13.7. The van der Waals surface area contributed by atoms with Gasteiger partial charge in [-0.05, 0) is 51.2 Å². The highest BCUT2D eigenvalue weighted by Gasteiger charge is 2.17. The number of amides is 1. The Balaban J connectivity index is 1.47. The Labute approximate surface area is 174 Å². The fourth-order valence-electron chi connectivity index (χ4n) is 3.00. The number of benzene rings is 1. The zero-order valence-corrected chi connectivity index (χ0v) is 17.9. The quantitative estimate of drug-likeness (QED) is 0.451. The van der Waals surface area contributed by atoms with E-state index in [0.717, 1.165) is 22.2 Å². The number of hydrogen-bond donors (Lipinski definition) is 2. The summed E-state index contributed by atoms with van der Waals surface area (Å²) in [7, 11) is 1.63. The lowest BCUT2D eigenvalue weighted by molar-refractivity contribution is -0.120. The molecular weight excluding hydrogens is 392 g/mol. The van der Waals surface area contributed by atoms with Crippen molar-refractivity contribution in [3.63, 3.8) is 0 Å². The SMILES string of the molecule is COc1ccccc1Nc1nnc(S[C@@H](C)C(=O)NCCC2=CCCCC2)s1. The molecule has 1 aromatic carbocycles. The fourth-order valence-corrected chi connectivity index (χ4v) is 4.93. The van der Waals surface area contributed by atoms with Crippen molar-refractivity contribution >= 4 is 39.8 Å². The summed E-state index contributed by atoms with van der Waals surface area (Å²) in [6, 6.07) is 7.65. The third-order valence-electron chi connectivity index (χ3n) is 4.53. The van der Waals surface area contributed by atoms with Crippen LogP contribution in [0.1, 0.15) is 39.0 Å². The molecule has 1 aliphatic rings. The second kappa shape index (κ2) is 10.5. The van der Waals surface area contributed by atoms with E-state index in [1.54, 1.807) is 7.11 Å². The predicted octanol–water partition coefficient (Wildman–Crippen LogP) is 4.78. The van der Waals surface area contributed by atoms with Gasteiger partial charge in [-0.1, -0.05) is 46.9 Å². The van der Waals surface area contributed by atoms with Crippen molar-refractivity contribution in [2.75, 3.05) is 19.0 Å². The minimum atomic E-state index is -0.215. The predicted molar refractivity (Wildman–Crippen MR) is 116 cm³/mol. The average molecular weight is 419 g/mol. The smallest absolute Gasteiger partial charge is 0.233 e. The lowest BCUT2D eigenvalue weighted by Gasteiger charge is -2.14. The first-order valence-corrected chi connectivity index (χ1v) is 11.2. The summed E-state index contributed by atoms with van der Waals surface area (Å²) in [6.07, 6.45) is 8.19. The van der Waals surface area contributed by atoms with Crippen LogP contribution >= 0.6 is 23.1 Å². The van der Waals surface area contributed by atoms with Gasteiger partial charge in [-0.25, -0.2) is 0 Å². The third kappa shape index (κ3) is 5.97. The van der Waals surface area contributed by atoms with Crippen molar-refractivity contribution in [2.45, 2.75) is 48.6 Å². The Morgan fingerprint density at radius 2 is 2.18 bits per heavy atom. The van der Waals surface area contributed by atoms with Crippen LogP contribution < -0.4 is 15.4 Å². The Kier molecular flexibility index (Phi) is 7.73. The van der Waals surface area contributed by atoms with Gasteiger partial charge in [-0.2, -0.15) is 0 Å². The highest BCUT2D eigenvalue weighted by atomic mass is 32.2. The van der Waals surface area contributed by atoms with Gasteiger partial charge < -0.3 is 15.4 Å². The average Bonchev–Trinajstić information content (AvgIpc) is 3.16. The van der Waals surface area contributed by atoms with Crippen LogP contribution in [0.2, 0.25) is 0 Å². The number of carbonyl (C=O) groups is 1. The number of nitrogens with zero attached hydrogens (tertiary/aromatic N) is 2. The zero-order valence-electron chi connectivity index (χ0n) is 16.2. The number of nitrogens with one attached hydrogen (secondary N) is 2. The highest BCUT2D eigenvalue weighted by Crippen LogP contribution is 2.33. The Hall–Kier alpha value is -2.06. The molecule has 1 amide bonds. The van der Waals surface area contributed by atoms with E-state index >= 15 is 0 Å². The van der Waals surface area contributed by atoms with Gasteiger partial charge >= 0.3 is 0 Å². The number of para-hydroxylation sites is 2. The molecule has 1 heterocycles. The highest BCUT2D eigenvalue weighted by molar-refractivity contribution is 8.02. The number of allylic oxidation sites excluding steroid dienone is 1. The normalized spacial score (nSPS) is 14.9. The summed E-state index contributed by atoms with van der Waals surface area (Å²) in [5.41, 5.74) is 2.31. The molecule has 0 saturated carbocycles. The van der Waals surface area contributed by atoms with Crippen molar-refractivity contribution in [3.8, 4) is 5.75 Å². The van der Waals surface area contributed by atoms with E-state index < -0.39 is 0 Å². The van der Waals surface area contributed by atoms with E-state index in [2.05, 4.69) is 26.9 Å². The van der Waals surface area contributed by atoms with E-state index in [0.29, 0.717) is 11.7 Å². The monoisotopic (exact) mass is 418 g/mol. The number of anilines is 2. The second-order valence-electron chi connectivity index (χ2n) is 6.61. The van der Waals surface area contributed by atoms with E-state index in [-0.39, 0.29) is 11.2 Å². The second-order valence-corrected chi connectivity index (χ2v) is 9.17. The maximum atomic E-state index is 12.3. The van der Waals surface area contributed by atoms with Gasteiger partial charge in [0.2, 0.25) is 11.0 Å². The van der Waals surface area contributed by atoms with Crippen LogP contribution in [0.15, 0.2) is 40.3 Å². The van der Waals surface area contributed by atoms with Gasteiger partial charge in [0.25, 0.3) is 0 Å². The van der Waals surface area contributed by atoms with Crippen molar-refractivity contribution in [3.05, 3.63) is 35.9 Å². The third-order valence-corrected chi connectivity index (χ3v) is 6.56. The summed E-state index contributed by atoms with van der Waals surface area (Å²) in [5.74, 6) is 0.781. The summed E-state index contributed by atoms with van der Waals surface area (Å²) >= 11 is 2.85. The summed E-state index contributed by atoms with van der Waals surface area (Å²) in [6.45, 7) is 2.60. The molecule has 0 radical (unpaired) electrons. The lowest BCUT2D eigenvalue weighted by Crippen LogP contribution is -2.31. The van der Waals surface area contributed by atoms with Gasteiger partial charge in [0.05, 0.1) is 18.0 Å². The number of ether oxygens (including phenoxy) is 1. The van der Waals surface area contributed by atoms with Crippen molar-refractivity contribution in [1.82, 2.24) is 15.5 Å². The van der Waals surface area contributed by atoms with Gasteiger partial charge in [0.1, 0.15) is 5.75 Å². The van der Waals surface area contributed by atoms with Crippen molar-refractivity contribution in [2.24, 2.45) is 0 Å². The van der Waals surface area contributed by atoms with E-state index in [1.807, 2.05) is 31.2 Å². The van der Waals surface area contributed by atoms with Gasteiger partial charge in [0, 0.05) is 6.54 Å². The minimum Gasteiger partial charge on any atom is -0.495 e. The van der Waals surface area contributed by atoms with Crippen molar-refractivity contribution < 1.29 is 9.53 Å². The first kappa shape index (κ1) is 20.7. The molecule has 150 valence electrons. The fraction of sp³-hybridized carbons (Fsp3) is 0.450. The molecular formula is C20H26N4O2S2. The number of rotatable bonds is 9. The Bertz CT molecular complexity index is 822. The van der Waals surface area contributed by atoms with Crippen LogP contribution in [0.3, 0.4) is 0 Å². The lowest BCUT2D eigenvalue weighted by atomic mass is 9.97. The molecule has 2 aromatic rings. The number of aromatic nitrogens is 2. The molecule has 0 spiro atoms. The first-order valence-electron chi connectivity index (χ1n) is 9.51. The maximum Gasteiger partial charge on any atom is 0.233 e. The zero-order chi connectivity index (χ0) is 19.8. The van der Waals surface area contributed by atoms with Crippen LogP contribution in [0, 0.1) is 0 Å². The Morgan fingerprint density at radius 1 is 1.32 bits per heavy atom. The maximum absolute atomic E-state index is 12.3. The summed E-state index contributed by atoms with van der Waals surface area (Å²) in [4.78, 5) is 12.3. The van der Waals surface area contributed by atoms with Crippen LogP contribution in [-0.4, -0.2) is 35.0 Å². The van der Waals surface area contributed by atoms with Crippen LogP contribution in [0.25, 0.3) is 0 Å². The molecule has 3 rings (SSSR count). The molecule has 0 fully saturated rings. The molecule has 0 bridgehead atoms. The number of carbonyl (C=O) groups excluding carboxylic acids is 1. The molecule has 1 aliphatic carbocycles. The standard InChI is InChI=1S/C20H26N4O2S2/c1-14(18(25)21-13-12-15-8-4-3-5-9-15)27-20-24-23-19(28-20)22-16-10-6-7-11-17(16)26-2/h6-8,10-11,14H,3-5,9,12-13H2,1-2H3,(H,21,25)(H,22,23)/t14-/m0/s1. The molecule has 0 saturated heterocycles. The molecule has 1 aromatic heterocycles. The molecule has 1 atom stereocenters. The molecule has 6 nitrogen and oxygen atoms in total. The number of methoxy groups -OCH3 is 1. The molecule has 28 heavy (non-hydrogen) atoms. The van der Waals surface area contributed by atoms with Crippen LogP contribution in [0.5, 0.6) is 5.75 Å². The Morgan fingerprint density at radius 3 is 2.96 bits per heavy atom. The molecule has 0 unspecified atom stereocenters. The van der Waals surface area contributed by atoms with Crippen LogP contribution in [-0.2, 0) is 4.79 Å². The van der Waals surface area contributed by atoms with Crippen LogP contribution in [0.4, 0.5) is 10.8 Å². The minimum absolute atomic E-state index is 0.0378. The van der Waals surface area contributed by atoms with Gasteiger partial charge in [-0.3, -0.25) is 4.79 Å². The number of thioether (sulfide) groups is 1. The number of hydrogen-bond acceptors (Lipinski definition) is 7. The van der Waals surface area contributed by atoms with Crippen molar-refractivity contribution in [1.29, 1.82) is 0 Å². The summed E-state index contributed by atoms with van der Waals surface area (Å²) in [5, 5.41) is 15.1. The molecule has 0 aliphatic heterocycles. The topological polar surface area (TPSA) is 76.1 Å². The summed E-state index contributed by atoms with van der Waals surface area (Å²) < 4.78 is 6.09. The van der Waals surface area contributed by atoms with E-state index in [1.165, 1.54) is 54.4 Å².